The summed E-state index contributed by atoms with van der Waals surface area (Å²) in [5, 5.41) is 0. The van der Waals surface area contributed by atoms with Crippen LogP contribution < -0.4 is 29.6 Å². The van der Waals surface area contributed by atoms with Crippen molar-refractivity contribution in [1.29, 1.82) is 0 Å². The second-order valence-corrected chi connectivity index (χ2v) is 8.20. The van der Waals surface area contributed by atoms with Gasteiger partial charge in [-0.1, -0.05) is 90.4 Å². The Morgan fingerprint density at radius 2 is 0.926 bits per heavy atom. The van der Waals surface area contributed by atoms with Crippen molar-refractivity contribution in [2.75, 3.05) is 19.8 Å². The Labute approximate surface area is 190 Å². The van der Waals surface area contributed by atoms with Gasteiger partial charge in [0.25, 0.3) is 0 Å². The van der Waals surface area contributed by atoms with Crippen molar-refractivity contribution in [1.82, 2.24) is 0 Å². The molecule has 0 fully saturated rings. The molecule has 0 radical (unpaired) electrons. The van der Waals surface area contributed by atoms with Crippen molar-refractivity contribution in [2.24, 2.45) is 0 Å². The number of hydrogen-bond donors (Lipinski definition) is 0. The summed E-state index contributed by atoms with van der Waals surface area (Å²) in [5.74, 6) is 0. The molecule has 0 aliphatic rings. The molecule has 0 saturated carbocycles. The van der Waals surface area contributed by atoms with E-state index >= 15 is 0 Å². The molecule has 0 unspecified atom stereocenters. The molecule has 0 aromatic rings. The zero-order chi connectivity index (χ0) is 19.3. The number of hydrogen-bond acceptors (Lipinski definition) is 5. The standard InChI is InChI=1S/C20H42O5S.Na/c1-2-3-4-5-6-7-8-9-10-11-12-13-14-15-18-24-19-16-17-20-25-26(21,22)23;/h2-20H2,1H3,(H,21,22,23);/q;+1/p-1. The molecule has 0 aromatic carbocycles. The minimum atomic E-state index is -4.54. The van der Waals surface area contributed by atoms with E-state index < -0.39 is 10.4 Å². The summed E-state index contributed by atoms with van der Waals surface area (Å²) >= 11 is 0. The van der Waals surface area contributed by atoms with E-state index in [9.17, 15) is 13.0 Å². The summed E-state index contributed by atoms with van der Waals surface area (Å²) in [6.45, 7) is 3.58. The van der Waals surface area contributed by atoms with Gasteiger partial charge in [-0.2, -0.15) is 0 Å². The van der Waals surface area contributed by atoms with Gasteiger partial charge in [-0.3, -0.25) is 4.18 Å². The molecule has 0 bridgehead atoms. The van der Waals surface area contributed by atoms with Gasteiger partial charge in [0.15, 0.2) is 0 Å². The third kappa shape index (κ3) is 29.1. The summed E-state index contributed by atoms with van der Waals surface area (Å²) in [6.07, 6.45) is 20.1. The van der Waals surface area contributed by atoms with Gasteiger partial charge in [0.1, 0.15) is 0 Å². The van der Waals surface area contributed by atoms with Crippen LogP contribution >= 0.6 is 0 Å². The zero-order valence-corrected chi connectivity index (χ0v) is 20.7. The molecule has 0 saturated heterocycles. The van der Waals surface area contributed by atoms with Crippen molar-refractivity contribution in [3.8, 4) is 0 Å². The Bertz CT molecular complexity index is 377. The van der Waals surface area contributed by atoms with Gasteiger partial charge in [-0.15, -0.1) is 0 Å². The monoisotopic (exact) mass is 416 g/mol. The molecular formula is C20H41NaO5S. The van der Waals surface area contributed by atoms with E-state index in [2.05, 4.69) is 11.1 Å². The fourth-order valence-corrected chi connectivity index (χ4v) is 3.29. The molecule has 0 spiro atoms. The fraction of sp³-hybridized carbons (Fsp3) is 1.00. The second kappa shape index (κ2) is 23.1. The van der Waals surface area contributed by atoms with Gasteiger partial charge < -0.3 is 9.29 Å². The topological polar surface area (TPSA) is 75.7 Å². The van der Waals surface area contributed by atoms with E-state index in [1.165, 1.54) is 83.5 Å². The summed E-state index contributed by atoms with van der Waals surface area (Å²) < 4.78 is 40.3. The molecule has 5 nitrogen and oxygen atoms in total. The molecule has 0 aromatic heterocycles. The van der Waals surface area contributed by atoms with Crippen molar-refractivity contribution in [2.45, 2.75) is 110 Å². The first-order valence-electron chi connectivity index (χ1n) is 10.7. The summed E-state index contributed by atoms with van der Waals surface area (Å²) in [4.78, 5) is 0. The molecule has 0 aliphatic carbocycles. The van der Waals surface area contributed by atoms with Crippen LogP contribution in [0.1, 0.15) is 110 Å². The predicted molar refractivity (Wildman–Crippen MR) is 106 cm³/mol. The Kier molecular flexibility index (Phi) is 25.7. The van der Waals surface area contributed by atoms with Crippen LogP contribution in [0.3, 0.4) is 0 Å². The molecule has 0 N–H and O–H groups in total. The first-order chi connectivity index (χ1) is 12.6. The predicted octanol–water partition coefficient (Wildman–Crippen LogP) is 2.75. The zero-order valence-electron chi connectivity index (χ0n) is 17.9. The number of ether oxygens (including phenoxy) is 1. The van der Waals surface area contributed by atoms with Crippen LogP contribution in [-0.4, -0.2) is 32.8 Å². The maximum absolute atomic E-state index is 10.2. The van der Waals surface area contributed by atoms with Gasteiger partial charge >= 0.3 is 29.6 Å². The first-order valence-corrected chi connectivity index (χ1v) is 12.1. The van der Waals surface area contributed by atoms with E-state index in [4.69, 9.17) is 4.74 Å². The summed E-state index contributed by atoms with van der Waals surface area (Å²) in [6, 6.07) is 0. The first kappa shape index (κ1) is 30.0. The fourth-order valence-electron chi connectivity index (χ4n) is 2.97. The van der Waals surface area contributed by atoms with Crippen LogP contribution in [0.25, 0.3) is 0 Å². The van der Waals surface area contributed by atoms with E-state index in [1.54, 1.807) is 0 Å². The van der Waals surface area contributed by atoms with Crippen molar-refractivity contribution in [3.63, 3.8) is 0 Å². The largest absolute Gasteiger partial charge is 1.00 e. The molecule has 158 valence electrons. The molecule has 0 heterocycles. The SMILES string of the molecule is CCCCCCCCCCCCCCCCOCCCCOS(=O)(=O)[O-].[Na+]. The summed E-state index contributed by atoms with van der Waals surface area (Å²) in [7, 11) is -4.54. The van der Waals surface area contributed by atoms with Crippen LogP contribution in [0.4, 0.5) is 0 Å². The minimum absolute atomic E-state index is 0. The Hall–Kier alpha value is 0.830. The molecule has 7 heteroatoms. The van der Waals surface area contributed by atoms with Gasteiger partial charge in [0.05, 0.1) is 6.61 Å². The van der Waals surface area contributed by atoms with E-state index in [0.29, 0.717) is 19.4 Å². The van der Waals surface area contributed by atoms with E-state index in [0.717, 1.165) is 13.0 Å². The molecule has 0 rings (SSSR count). The van der Waals surface area contributed by atoms with Crippen molar-refractivity contribution >= 4 is 10.4 Å². The van der Waals surface area contributed by atoms with Gasteiger partial charge in [-0.05, 0) is 19.3 Å². The normalized spacial score (nSPS) is 11.5. The quantitative estimate of drug-likeness (QED) is 0.124. The minimum Gasteiger partial charge on any atom is -0.726 e. The molecule has 0 atom stereocenters. The summed E-state index contributed by atoms with van der Waals surface area (Å²) in [5.41, 5.74) is 0. The molecule has 0 amide bonds. The van der Waals surface area contributed by atoms with Crippen molar-refractivity contribution < 1.29 is 51.4 Å². The Morgan fingerprint density at radius 1 is 0.593 bits per heavy atom. The number of rotatable bonds is 21. The van der Waals surface area contributed by atoms with Crippen LogP contribution in [0.2, 0.25) is 0 Å². The van der Waals surface area contributed by atoms with Gasteiger partial charge in [-0.25, -0.2) is 8.42 Å². The molecule has 0 aliphatic heterocycles. The molecular weight excluding hydrogens is 375 g/mol. The maximum atomic E-state index is 10.2. The van der Waals surface area contributed by atoms with E-state index in [1.807, 2.05) is 0 Å². The second-order valence-electron chi connectivity index (χ2n) is 7.15. The Morgan fingerprint density at radius 3 is 1.33 bits per heavy atom. The maximum Gasteiger partial charge on any atom is 1.00 e. The van der Waals surface area contributed by atoms with Crippen molar-refractivity contribution in [3.05, 3.63) is 0 Å². The Balaban J connectivity index is 0. The van der Waals surface area contributed by atoms with Crippen LogP contribution in [0, 0.1) is 0 Å². The van der Waals surface area contributed by atoms with E-state index in [-0.39, 0.29) is 36.2 Å². The van der Waals surface area contributed by atoms with Gasteiger partial charge in [0, 0.05) is 13.2 Å². The van der Waals surface area contributed by atoms with Crippen LogP contribution in [-0.2, 0) is 19.3 Å². The number of unbranched alkanes of at least 4 members (excludes halogenated alkanes) is 14. The molecule has 27 heavy (non-hydrogen) atoms. The average Bonchev–Trinajstić information content (AvgIpc) is 2.59. The van der Waals surface area contributed by atoms with Gasteiger partial charge in [0.2, 0.25) is 10.4 Å². The third-order valence-corrected chi connectivity index (χ3v) is 5.01. The van der Waals surface area contributed by atoms with Crippen LogP contribution in [0.15, 0.2) is 0 Å². The third-order valence-electron chi connectivity index (χ3n) is 4.55. The van der Waals surface area contributed by atoms with Crippen LogP contribution in [0.5, 0.6) is 0 Å². The smallest absolute Gasteiger partial charge is 0.726 e. The average molecular weight is 417 g/mol.